The van der Waals surface area contributed by atoms with Gasteiger partial charge >= 0.3 is 0 Å². The minimum absolute atomic E-state index is 0.448. The van der Waals surface area contributed by atoms with Crippen LogP contribution in [0.5, 0.6) is 0 Å². The normalized spacial score (nSPS) is 16.6. The van der Waals surface area contributed by atoms with Crippen molar-refractivity contribution in [2.75, 3.05) is 5.32 Å². The van der Waals surface area contributed by atoms with Gasteiger partial charge in [-0.25, -0.2) is 9.97 Å². The lowest BCUT2D eigenvalue weighted by atomic mass is 9.86. The summed E-state index contributed by atoms with van der Waals surface area (Å²) < 4.78 is 0. The fourth-order valence-corrected chi connectivity index (χ4v) is 1.78. The predicted octanol–water partition coefficient (Wildman–Crippen LogP) is 3.28. The number of halogens is 1. The number of hydrogen-bond donors (Lipinski definition) is 2. The largest absolute Gasteiger partial charge is 0.388 e. The Kier molecular flexibility index (Phi) is 3.52. The third kappa shape index (κ3) is 3.00. The van der Waals surface area contributed by atoms with Crippen molar-refractivity contribution < 1.29 is 5.11 Å². The molecule has 0 saturated heterocycles. The summed E-state index contributed by atoms with van der Waals surface area (Å²) >= 11 is 6.18. The van der Waals surface area contributed by atoms with Crippen molar-refractivity contribution in [3.05, 3.63) is 16.5 Å². The maximum absolute atomic E-state index is 10.2. The lowest BCUT2D eigenvalue weighted by molar-refractivity contribution is 0.0238. The Bertz CT molecular complexity index is 490. The highest BCUT2D eigenvalue weighted by molar-refractivity contribution is 6.30. The Morgan fingerprint density at radius 2 is 1.79 bits per heavy atom. The van der Waals surface area contributed by atoms with Crippen LogP contribution < -0.4 is 5.32 Å². The van der Waals surface area contributed by atoms with Gasteiger partial charge < -0.3 is 10.4 Å². The summed E-state index contributed by atoms with van der Waals surface area (Å²) in [6.45, 7) is 9.33. The third-order valence-electron chi connectivity index (χ3n) is 4.01. The molecule has 1 saturated carbocycles. The zero-order chi connectivity index (χ0) is 14.4. The van der Waals surface area contributed by atoms with E-state index in [9.17, 15) is 5.11 Å². The number of anilines is 1. The molecule has 0 aromatic carbocycles. The molecule has 0 spiro atoms. The van der Waals surface area contributed by atoms with E-state index in [0.29, 0.717) is 16.9 Å². The summed E-state index contributed by atoms with van der Waals surface area (Å²) in [5, 5.41) is 14.0. The molecular formula is C14H22ClN3O. The van der Waals surface area contributed by atoms with Crippen molar-refractivity contribution in [1.82, 2.24) is 9.97 Å². The topological polar surface area (TPSA) is 58.0 Å². The van der Waals surface area contributed by atoms with E-state index in [-0.39, 0.29) is 0 Å². The first-order valence-electron chi connectivity index (χ1n) is 6.66. The standard InChI is InChI=1S/C14H22ClN3O/c1-8-10(15)16-12(9-6-7-9)17-11(8)18-13(2,3)14(4,5)19/h9,19H,6-7H2,1-5H3,(H,16,17,18). The Balaban J connectivity index is 2.34. The summed E-state index contributed by atoms with van der Waals surface area (Å²) in [6.07, 6.45) is 2.27. The van der Waals surface area contributed by atoms with Crippen molar-refractivity contribution >= 4 is 17.4 Å². The smallest absolute Gasteiger partial charge is 0.137 e. The second kappa shape index (κ2) is 4.60. The van der Waals surface area contributed by atoms with Crippen molar-refractivity contribution in [3.63, 3.8) is 0 Å². The SMILES string of the molecule is Cc1c(Cl)nc(C2CC2)nc1NC(C)(C)C(C)(C)O. The van der Waals surface area contributed by atoms with Crippen molar-refractivity contribution in [3.8, 4) is 0 Å². The second-order valence-electron chi connectivity index (χ2n) is 6.43. The maximum Gasteiger partial charge on any atom is 0.137 e. The molecule has 0 amide bonds. The molecule has 2 N–H and O–H groups in total. The second-order valence-corrected chi connectivity index (χ2v) is 6.79. The molecule has 106 valence electrons. The third-order valence-corrected chi connectivity index (χ3v) is 4.37. The van der Waals surface area contributed by atoms with Crippen LogP contribution in [0.1, 0.15) is 57.8 Å². The summed E-state index contributed by atoms with van der Waals surface area (Å²) in [4.78, 5) is 8.92. The lowest BCUT2D eigenvalue weighted by Gasteiger charge is -2.38. The summed E-state index contributed by atoms with van der Waals surface area (Å²) in [5.74, 6) is 1.97. The van der Waals surface area contributed by atoms with E-state index in [1.165, 1.54) is 0 Å². The van der Waals surface area contributed by atoms with Gasteiger partial charge in [0.2, 0.25) is 0 Å². The van der Waals surface area contributed by atoms with Crippen LogP contribution in [0.4, 0.5) is 5.82 Å². The number of aromatic nitrogens is 2. The van der Waals surface area contributed by atoms with Gasteiger partial charge in [-0.05, 0) is 47.5 Å². The summed E-state index contributed by atoms with van der Waals surface area (Å²) in [5.41, 5.74) is -0.573. The molecule has 1 aliphatic rings. The molecule has 0 atom stereocenters. The molecule has 19 heavy (non-hydrogen) atoms. The van der Waals surface area contributed by atoms with Crippen LogP contribution in [-0.2, 0) is 0 Å². The van der Waals surface area contributed by atoms with Crippen LogP contribution >= 0.6 is 11.6 Å². The van der Waals surface area contributed by atoms with Gasteiger partial charge in [-0.3, -0.25) is 0 Å². The zero-order valence-electron chi connectivity index (χ0n) is 12.2. The molecule has 1 heterocycles. The minimum atomic E-state index is -0.878. The van der Waals surface area contributed by atoms with Gasteiger partial charge in [-0.1, -0.05) is 11.6 Å². The molecule has 4 nitrogen and oxygen atoms in total. The van der Waals surface area contributed by atoms with E-state index in [0.717, 1.165) is 24.2 Å². The van der Waals surface area contributed by atoms with Crippen molar-refractivity contribution in [1.29, 1.82) is 0 Å². The van der Waals surface area contributed by atoms with Crippen LogP contribution in [0.2, 0.25) is 5.15 Å². The lowest BCUT2D eigenvalue weighted by Crippen LogP contribution is -2.51. The highest BCUT2D eigenvalue weighted by Gasteiger charge is 2.36. The highest BCUT2D eigenvalue weighted by Crippen LogP contribution is 2.40. The van der Waals surface area contributed by atoms with Crippen LogP contribution in [0, 0.1) is 6.92 Å². The van der Waals surface area contributed by atoms with Gasteiger partial charge in [0, 0.05) is 11.5 Å². The van der Waals surface area contributed by atoms with E-state index in [2.05, 4.69) is 15.3 Å². The Hall–Kier alpha value is -0.870. The monoisotopic (exact) mass is 283 g/mol. The van der Waals surface area contributed by atoms with Gasteiger partial charge in [0.25, 0.3) is 0 Å². The van der Waals surface area contributed by atoms with Crippen molar-refractivity contribution in [2.24, 2.45) is 0 Å². The van der Waals surface area contributed by atoms with Gasteiger partial charge in [0.1, 0.15) is 16.8 Å². The van der Waals surface area contributed by atoms with Gasteiger partial charge in [-0.15, -0.1) is 0 Å². The Morgan fingerprint density at radius 1 is 1.21 bits per heavy atom. The molecule has 1 aromatic rings. The van der Waals surface area contributed by atoms with Crippen LogP contribution in [0.25, 0.3) is 0 Å². The fourth-order valence-electron chi connectivity index (χ4n) is 1.60. The van der Waals surface area contributed by atoms with Crippen LogP contribution in [0.3, 0.4) is 0 Å². The van der Waals surface area contributed by atoms with E-state index in [1.54, 1.807) is 13.8 Å². The first kappa shape index (κ1) is 14.5. The molecule has 0 aliphatic heterocycles. The first-order chi connectivity index (χ1) is 8.62. The van der Waals surface area contributed by atoms with E-state index in [1.807, 2.05) is 20.8 Å². The average Bonchev–Trinajstić information content (AvgIpc) is 3.06. The minimum Gasteiger partial charge on any atom is -0.388 e. The molecule has 0 radical (unpaired) electrons. The quantitative estimate of drug-likeness (QED) is 0.833. The van der Waals surface area contributed by atoms with Crippen molar-refractivity contribution in [2.45, 2.75) is 64.5 Å². The van der Waals surface area contributed by atoms with E-state index >= 15 is 0 Å². The average molecular weight is 284 g/mol. The molecule has 5 heteroatoms. The molecule has 0 unspecified atom stereocenters. The van der Waals surface area contributed by atoms with Gasteiger partial charge in [0.15, 0.2) is 0 Å². The van der Waals surface area contributed by atoms with Crippen LogP contribution in [0.15, 0.2) is 0 Å². The van der Waals surface area contributed by atoms with E-state index in [4.69, 9.17) is 11.6 Å². The number of nitrogens with zero attached hydrogens (tertiary/aromatic N) is 2. The Labute approximate surface area is 119 Å². The van der Waals surface area contributed by atoms with Gasteiger partial charge in [-0.2, -0.15) is 0 Å². The maximum atomic E-state index is 10.2. The van der Waals surface area contributed by atoms with E-state index < -0.39 is 11.1 Å². The molecule has 1 aliphatic carbocycles. The summed E-state index contributed by atoms with van der Waals surface area (Å²) in [6, 6.07) is 0. The number of rotatable bonds is 4. The molecular weight excluding hydrogens is 262 g/mol. The molecule has 1 fully saturated rings. The number of hydrogen-bond acceptors (Lipinski definition) is 4. The molecule has 2 rings (SSSR count). The number of aliphatic hydroxyl groups is 1. The first-order valence-corrected chi connectivity index (χ1v) is 7.04. The van der Waals surface area contributed by atoms with Crippen LogP contribution in [-0.4, -0.2) is 26.2 Å². The number of nitrogens with one attached hydrogen (secondary N) is 1. The Morgan fingerprint density at radius 3 is 2.26 bits per heavy atom. The van der Waals surface area contributed by atoms with Gasteiger partial charge in [0.05, 0.1) is 11.1 Å². The highest BCUT2D eigenvalue weighted by atomic mass is 35.5. The molecule has 1 aromatic heterocycles. The predicted molar refractivity (Wildman–Crippen MR) is 77.8 cm³/mol. The molecule has 0 bridgehead atoms. The zero-order valence-corrected chi connectivity index (χ0v) is 13.0. The fraction of sp³-hybridized carbons (Fsp3) is 0.714. The summed E-state index contributed by atoms with van der Waals surface area (Å²) in [7, 11) is 0.